The number of benzene rings is 1. The van der Waals surface area contributed by atoms with Crippen molar-refractivity contribution in [3.63, 3.8) is 0 Å². The molecular weight excluding hydrogens is 156 g/mol. The molecule has 0 saturated heterocycles. The Bertz CT molecular complexity index is 282. The highest BCUT2D eigenvalue weighted by molar-refractivity contribution is 5.80. The standard InChI is InChI=1S/C8H10N2O2/c9-6-3-1-5(2-4-6)7(11)8(10)12/h1-4,7,11H,9H2,(H2,10,12)/t7-/m1/s1. The van der Waals surface area contributed by atoms with Crippen molar-refractivity contribution in [1.29, 1.82) is 0 Å². The Morgan fingerprint density at radius 3 is 2.25 bits per heavy atom. The van der Waals surface area contributed by atoms with Crippen LogP contribution in [0.5, 0.6) is 0 Å². The molecule has 0 aliphatic heterocycles. The lowest BCUT2D eigenvalue weighted by Crippen LogP contribution is -2.20. The van der Waals surface area contributed by atoms with Crippen LogP contribution in [0.4, 0.5) is 5.69 Å². The molecule has 1 amide bonds. The summed E-state index contributed by atoms with van der Waals surface area (Å²) in [6.07, 6.45) is -1.24. The number of amides is 1. The number of hydrogen-bond acceptors (Lipinski definition) is 3. The molecule has 1 atom stereocenters. The van der Waals surface area contributed by atoms with Crippen LogP contribution in [0.1, 0.15) is 11.7 Å². The number of carbonyl (C=O) groups excluding carboxylic acids is 1. The monoisotopic (exact) mass is 166 g/mol. The van der Waals surface area contributed by atoms with Crippen LogP contribution in [0.15, 0.2) is 24.3 Å². The fourth-order valence-electron chi connectivity index (χ4n) is 0.843. The van der Waals surface area contributed by atoms with Crippen molar-refractivity contribution in [3.8, 4) is 0 Å². The summed E-state index contributed by atoms with van der Waals surface area (Å²) in [6.45, 7) is 0. The van der Waals surface area contributed by atoms with Gasteiger partial charge in [-0.05, 0) is 17.7 Å². The number of carbonyl (C=O) groups is 1. The molecule has 0 fully saturated rings. The van der Waals surface area contributed by atoms with Gasteiger partial charge >= 0.3 is 0 Å². The van der Waals surface area contributed by atoms with Gasteiger partial charge in [0.25, 0.3) is 5.91 Å². The minimum atomic E-state index is -1.24. The predicted octanol–water partition coefficient (Wildman–Crippen LogP) is -0.213. The second-order valence-electron chi connectivity index (χ2n) is 2.47. The van der Waals surface area contributed by atoms with Gasteiger partial charge in [0.05, 0.1) is 0 Å². The topological polar surface area (TPSA) is 89.3 Å². The summed E-state index contributed by atoms with van der Waals surface area (Å²) in [5.41, 5.74) is 11.3. The minimum absolute atomic E-state index is 0.455. The molecule has 0 bridgehead atoms. The number of nitrogens with two attached hydrogens (primary N) is 2. The van der Waals surface area contributed by atoms with Crippen LogP contribution in [0.25, 0.3) is 0 Å². The SMILES string of the molecule is NC(=O)[C@H](O)c1ccc(N)cc1. The van der Waals surface area contributed by atoms with Crippen LogP contribution in [-0.2, 0) is 4.79 Å². The molecule has 0 saturated carbocycles. The predicted molar refractivity (Wildman–Crippen MR) is 45.0 cm³/mol. The van der Waals surface area contributed by atoms with E-state index in [2.05, 4.69) is 0 Å². The lowest BCUT2D eigenvalue weighted by Gasteiger charge is -2.05. The summed E-state index contributed by atoms with van der Waals surface area (Å²) in [5.74, 6) is -0.764. The first-order chi connectivity index (χ1) is 5.61. The molecule has 0 unspecified atom stereocenters. The molecule has 1 aromatic rings. The number of anilines is 1. The fraction of sp³-hybridized carbons (Fsp3) is 0.125. The average molecular weight is 166 g/mol. The Morgan fingerprint density at radius 1 is 1.33 bits per heavy atom. The molecule has 0 aromatic heterocycles. The first kappa shape index (κ1) is 8.55. The minimum Gasteiger partial charge on any atom is -0.399 e. The lowest BCUT2D eigenvalue weighted by molar-refractivity contribution is -0.126. The summed E-state index contributed by atoms with van der Waals surface area (Å²) < 4.78 is 0. The van der Waals surface area contributed by atoms with Crippen LogP contribution in [0, 0.1) is 0 Å². The van der Waals surface area contributed by atoms with Crippen molar-refractivity contribution in [1.82, 2.24) is 0 Å². The fourth-order valence-corrected chi connectivity index (χ4v) is 0.843. The van der Waals surface area contributed by atoms with E-state index in [1.807, 2.05) is 0 Å². The molecule has 0 aliphatic rings. The molecule has 4 heteroatoms. The zero-order chi connectivity index (χ0) is 9.14. The molecule has 0 radical (unpaired) electrons. The highest BCUT2D eigenvalue weighted by Crippen LogP contribution is 2.13. The third-order valence-electron chi connectivity index (χ3n) is 1.52. The van der Waals surface area contributed by atoms with Crippen molar-refractivity contribution in [3.05, 3.63) is 29.8 Å². The van der Waals surface area contributed by atoms with Gasteiger partial charge in [-0.2, -0.15) is 0 Å². The zero-order valence-electron chi connectivity index (χ0n) is 6.40. The van der Waals surface area contributed by atoms with Gasteiger partial charge in [0.15, 0.2) is 6.10 Å². The summed E-state index contributed by atoms with van der Waals surface area (Å²) in [6, 6.07) is 6.32. The number of primary amides is 1. The summed E-state index contributed by atoms with van der Waals surface area (Å²) >= 11 is 0. The number of nitrogen functional groups attached to an aromatic ring is 1. The van der Waals surface area contributed by atoms with Gasteiger partial charge in [-0.1, -0.05) is 12.1 Å². The number of aliphatic hydroxyl groups is 1. The summed E-state index contributed by atoms with van der Waals surface area (Å²) in [4.78, 5) is 10.5. The lowest BCUT2D eigenvalue weighted by atomic mass is 10.1. The summed E-state index contributed by atoms with van der Waals surface area (Å²) in [7, 11) is 0. The highest BCUT2D eigenvalue weighted by atomic mass is 16.3. The van der Waals surface area contributed by atoms with Gasteiger partial charge < -0.3 is 16.6 Å². The second kappa shape index (κ2) is 3.23. The molecule has 4 nitrogen and oxygen atoms in total. The molecular formula is C8H10N2O2. The van der Waals surface area contributed by atoms with E-state index in [0.29, 0.717) is 11.3 Å². The number of hydrogen-bond donors (Lipinski definition) is 3. The maximum atomic E-state index is 10.5. The molecule has 5 N–H and O–H groups in total. The van der Waals surface area contributed by atoms with Crippen molar-refractivity contribution < 1.29 is 9.90 Å². The molecule has 1 rings (SSSR count). The zero-order valence-corrected chi connectivity index (χ0v) is 6.40. The maximum Gasteiger partial charge on any atom is 0.250 e. The Labute approximate surface area is 69.8 Å². The van der Waals surface area contributed by atoms with E-state index in [1.165, 1.54) is 0 Å². The molecule has 0 aliphatic carbocycles. The maximum absolute atomic E-state index is 10.5. The van der Waals surface area contributed by atoms with E-state index in [9.17, 15) is 9.90 Å². The van der Waals surface area contributed by atoms with Gasteiger partial charge in [0.2, 0.25) is 0 Å². The van der Waals surface area contributed by atoms with Crippen molar-refractivity contribution in [2.24, 2.45) is 5.73 Å². The van der Waals surface area contributed by atoms with E-state index in [0.717, 1.165) is 0 Å². The first-order valence-corrected chi connectivity index (χ1v) is 3.44. The van der Waals surface area contributed by atoms with Crippen LogP contribution >= 0.6 is 0 Å². The average Bonchev–Trinajstić information content (AvgIpc) is 2.04. The number of aliphatic hydroxyl groups excluding tert-OH is 1. The smallest absolute Gasteiger partial charge is 0.250 e. The Morgan fingerprint density at radius 2 is 1.83 bits per heavy atom. The Kier molecular flexibility index (Phi) is 2.30. The van der Waals surface area contributed by atoms with E-state index in [4.69, 9.17) is 11.5 Å². The van der Waals surface area contributed by atoms with Gasteiger partial charge in [-0.15, -0.1) is 0 Å². The quantitative estimate of drug-likeness (QED) is 0.531. The first-order valence-electron chi connectivity index (χ1n) is 3.44. The van der Waals surface area contributed by atoms with Crippen LogP contribution in [0.3, 0.4) is 0 Å². The van der Waals surface area contributed by atoms with E-state index >= 15 is 0 Å². The molecule has 12 heavy (non-hydrogen) atoms. The van der Waals surface area contributed by atoms with Crippen molar-refractivity contribution >= 4 is 11.6 Å². The van der Waals surface area contributed by atoms with Crippen LogP contribution < -0.4 is 11.5 Å². The third-order valence-corrected chi connectivity index (χ3v) is 1.52. The molecule has 0 heterocycles. The van der Waals surface area contributed by atoms with E-state index in [1.54, 1.807) is 24.3 Å². The molecule has 64 valence electrons. The number of rotatable bonds is 2. The van der Waals surface area contributed by atoms with E-state index < -0.39 is 12.0 Å². The Balaban J connectivity index is 2.89. The Hall–Kier alpha value is -1.55. The third kappa shape index (κ3) is 1.73. The largest absolute Gasteiger partial charge is 0.399 e. The van der Waals surface area contributed by atoms with Crippen LogP contribution in [0.2, 0.25) is 0 Å². The highest BCUT2D eigenvalue weighted by Gasteiger charge is 2.12. The van der Waals surface area contributed by atoms with Crippen molar-refractivity contribution in [2.45, 2.75) is 6.10 Å². The molecule has 0 spiro atoms. The van der Waals surface area contributed by atoms with E-state index in [-0.39, 0.29) is 0 Å². The van der Waals surface area contributed by atoms with Crippen molar-refractivity contribution in [2.75, 3.05) is 5.73 Å². The van der Waals surface area contributed by atoms with Gasteiger partial charge in [-0.3, -0.25) is 4.79 Å². The van der Waals surface area contributed by atoms with Gasteiger partial charge in [0.1, 0.15) is 0 Å². The van der Waals surface area contributed by atoms with Crippen LogP contribution in [-0.4, -0.2) is 11.0 Å². The van der Waals surface area contributed by atoms with Gasteiger partial charge in [-0.25, -0.2) is 0 Å². The molecule has 1 aromatic carbocycles. The second-order valence-corrected chi connectivity index (χ2v) is 2.47. The summed E-state index contributed by atoms with van der Waals surface area (Å²) in [5, 5.41) is 9.17. The van der Waals surface area contributed by atoms with Gasteiger partial charge in [0, 0.05) is 5.69 Å². The normalized spacial score (nSPS) is 12.4.